The lowest BCUT2D eigenvalue weighted by Gasteiger charge is -2.20. The second kappa shape index (κ2) is 5.55. The van der Waals surface area contributed by atoms with Crippen LogP contribution in [0.2, 0.25) is 0 Å². The molecule has 1 unspecified atom stereocenters. The van der Waals surface area contributed by atoms with Gasteiger partial charge in [0, 0.05) is 18.0 Å². The maximum atomic E-state index is 6.34. The van der Waals surface area contributed by atoms with Gasteiger partial charge in [0.25, 0.3) is 0 Å². The van der Waals surface area contributed by atoms with Crippen molar-refractivity contribution < 1.29 is 0 Å². The predicted molar refractivity (Wildman–Crippen MR) is 88.3 cm³/mol. The first kappa shape index (κ1) is 14.2. The standard InChI is InChI=1S/C18H25N3/c1-12(2)11-14-6-8-15(9-7-14)16-17(19)21-10-4-5-13(3)18(21)20-16/h6-9,12-13H,4-5,10-11,19H2,1-3H3. The zero-order valence-electron chi connectivity index (χ0n) is 13.3. The van der Waals surface area contributed by atoms with Gasteiger partial charge in [0.2, 0.25) is 0 Å². The lowest BCUT2D eigenvalue weighted by atomic mass is 10.0. The number of fused-ring (bicyclic) bond motifs is 1. The summed E-state index contributed by atoms with van der Waals surface area (Å²) in [5, 5.41) is 0. The zero-order valence-corrected chi connectivity index (χ0v) is 13.3. The van der Waals surface area contributed by atoms with Gasteiger partial charge >= 0.3 is 0 Å². The molecule has 2 aromatic rings. The van der Waals surface area contributed by atoms with Gasteiger partial charge in [-0.05, 0) is 30.7 Å². The summed E-state index contributed by atoms with van der Waals surface area (Å²) in [4.78, 5) is 4.83. The van der Waals surface area contributed by atoms with Gasteiger partial charge in [-0.3, -0.25) is 0 Å². The molecule has 1 aliphatic rings. The maximum absolute atomic E-state index is 6.34. The molecule has 21 heavy (non-hydrogen) atoms. The quantitative estimate of drug-likeness (QED) is 0.916. The summed E-state index contributed by atoms with van der Waals surface area (Å²) in [7, 11) is 0. The molecule has 0 saturated carbocycles. The third-order valence-corrected chi connectivity index (χ3v) is 4.37. The van der Waals surface area contributed by atoms with Crippen molar-refractivity contribution in [3.8, 4) is 11.3 Å². The Bertz CT molecular complexity index is 623. The minimum absolute atomic E-state index is 0.509. The lowest BCUT2D eigenvalue weighted by Crippen LogP contribution is -2.15. The van der Waals surface area contributed by atoms with Crippen LogP contribution in [0.15, 0.2) is 24.3 Å². The zero-order chi connectivity index (χ0) is 15.0. The van der Waals surface area contributed by atoms with Crippen molar-refractivity contribution in [2.45, 2.75) is 52.5 Å². The Kier molecular flexibility index (Phi) is 3.75. The Balaban J connectivity index is 1.94. The molecule has 0 amide bonds. The van der Waals surface area contributed by atoms with E-state index in [0.29, 0.717) is 11.8 Å². The van der Waals surface area contributed by atoms with Crippen molar-refractivity contribution in [1.29, 1.82) is 0 Å². The first-order chi connectivity index (χ1) is 10.1. The number of anilines is 1. The van der Waals surface area contributed by atoms with Crippen LogP contribution in [-0.2, 0) is 13.0 Å². The van der Waals surface area contributed by atoms with Crippen LogP contribution < -0.4 is 5.73 Å². The Morgan fingerprint density at radius 1 is 1.29 bits per heavy atom. The molecule has 0 bridgehead atoms. The molecule has 1 atom stereocenters. The van der Waals surface area contributed by atoms with Crippen molar-refractivity contribution in [3.63, 3.8) is 0 Å². The topological polar surface area (TPSA) is 43.8 Å². The highest BCUT2D eigenvalue weighted by molar-refractivity contribution is 5.71. The van der Waals surface area contributed by atoms with E-state index in [1.54, 1.807) is 0 Å². The summed E-state index contributed by atoms with van der Waals surface area (Å²) in [6.45, 7) is 7.74. The van der Waals surface area contributed by atoms with Gasteiger partial charge in [0.1, 0.15) is 17.3 Å². The number of benzene rings is 1. The summed E-state index contributed by atoms with van der Waals surface area (Å²) in [6, 6.07) is 8.73. The van der Waals surface area contributed by atoms with E-state index in [2.05, 4.69) is 49.6 Å². The molecule has 112 valence electrons. The summed E-state index contributed by atoms with van der Waals surface area (Å²) in [6.07, 6.45) is 3.52. The highest BCUT2D eigenvalue weighted by Crippen LogP contribution is 2.34. The molecule has 1 aromatic heterocycles. The Labute approximate surface area is 127 Å². The van der Waals surface area contributed by atoms with Crippen LogP contribution in [0.3, 0.4) is 0 Å². The number of aromatic nitrogens is 2. The van der Waals surface area contributed by atoms with E-state index in [1.807, 2.05) is 0 Å². The number of nitrogens with two attached hydrogens (primary N) is 1. The molecule has 0 spiro atoms. The van der Waals surface area contributed by atoms with Crippen LogP contribution in [0.5, 0.6) is 0 Å². The molecule has 2 N–H and O–H groups in total. The summed E-state index contributed by atoms with van der Waals surface area (Å²) in [5.41, 5.74) is 9.80. The Morgan fingerprint density at radius 3 is 2.62 bits per heavy atom. The first-order valence-corrected chi connectivity index (χ1v) is 8.01. The van der Waals surface area contributed by atoms with E-state index >= 15 is 0 Å². The van der Waals surface area contributed by atoms with E-state index in [4.69, 9.17) is 10.7 Å². The average molecular weight is 283 g/mol. The molecule has 1 aromatic carbocycles. The second-order valence-corrected chi connectivity index (χ2v) is 6.69. The third kappa shape index (κ3) is 2.69. The maximum Gasteiger partial charge on any atom is 0.131 e. The summed E-state index contributed by atoms with van der Waals surface area (Å²) >= 11 is 0. The fourth-order valence-corrected chi connectivity index (χ4v) is 3.26. The molecule has 3 nitrogen and oxygen atoms in total. The molecule has 0 aliphatic carbocycles. The molecule has 0 radical (unpaired) electrons. The SMILES string of the molecule is CC(C)Cc1ccc(-c2nc3n(c2N)CCCC3C)cc1. The monoisotopic (exact) mass is 283 g/mol. The number of rotatable bonds is 3. The number of hydrogen-bond acceptors (Lipinski definition) is 2. The third-order valence-electron chi connectivity index (χ3n) is 4.37. The summed E-state index contributed by atoms with van der Waals surface area (Å²) < 4.78 is 2.20. The summed E-state index contributed by atoms with van der Waals surface area (Å²) in [5.74, 6) is 3.17. The van der Waals surface area contributed by atoms with E-state index in [9.17, 15) is 0 Å². The van der Waals surface area contributed by atoms with Crippen molar-refractivity contribution in [3.05, 3.63) is 35.7 Å². The molecule has 2 heterocycles. The number of nitrogens with zero attached hydrogens (tertiary/aromatic N) is 2. The fourth-order valence-electron chi connectivity index (χ4n) is 3.26. The number of hydrogen-bond donors (Lipinski definition) is 1. The normalized spacial score (nSPS) is 18.0. The molecule has 0 fully saturated rings. The van der Waals surface area contributed by atoms with Crippen LogP contribution in [0.4, 0.5) is 5.82 Å². The number of nitrogen functional groups attached to an aromatic ring is 1. The minimum atomic E-state index is 0.509. The van der Waals surface area contributed by atoms with E-state index in [-0.39, 0.29) is 0 Å². The lowest BCUT2D eigenvalue weighted by molar-refractivity contribution is 0.467. The minimum Gasteiger partial charge on any atom is -0.383 e. The van der Waals surface area contributed by atoms with Crippen molar-refractivity contribution in [2.75, 3.05) is 5.73 Å². The van der Waals surface area contributed by atoms with Crippen LogP contribution in [0.1, 0.15) is 50.9 Å². The van der Waals surface area contributed by atoms with Crippen LogP contribution in [0.25, 0.3) is 11.3 Å². The fraction of sp³-hybridized carbons (Fsp3) is 0.500. The van der Waals surface area contributed by atoms with Gasteiger partial charge in [-0.1, -0.05) is 45.0 Å². The Hall–Kier alpha value is -1.77. The average Bonchev–Trinajstić information content (AvgIpc) is 2.78. The molecule has 3 rings (SSSR count). The molecular formula is C18H25N3. The van der Waals surface area contributed by atoms with E-state index in [0.717, 1.165) is 35.9 Å². The molecule has 1 aliphatic heterocycles. The van der Waals surface area contributed by atoms with Crippen LogP contribution in [-0.4, -0.2) is 9.55 Å². The van der Waals surface area contributed by atoms with Gasteiger partial charge < -0.3 is 10.3 Å². The largest absolute Gasteiger partial charge is 0.383 e. The van der Waals surface area contributed by atoms with Crippen molar-refractivity contribution in [2.24, 2.45) is 5.92 Å². The van der Waals surface area contributed by atoms with Gasteiger partial charge in [-0.15, -0.1) is 0 Å². The highest BCUT2D eigenvalue weighted by Gasteiger charge is 2.23. The van der Waals surface area contributed by atoms with Gasteiger partial charge in [-0.25, -0.2) is 4.98 Å². The van der Waals surface area contributed by atoms with Crippen LogP contribution >= 0.6 is 0 Å². The van der Waals surface area contributed by atoms with E-state index in [1.165, 1.54) is 18.4 Å². The van der Waals surface area contributed by atoms with Crippen LogP contribution in [0, 0.1) is 5.92 Å². The predicted octanol–water partition coefficient (Wildman–Crippen LogP) is 4.23. The van der Waals surface area contributed by atoms with Crippen molar-refractivity contribution >= 4 is 5.82 Å². The second-order valence-electron chi connectivity index (χ2n) is 6.69. The molecular weight excluding hydrogens is 258 g/mol. The Morgan fingerprint density at radius 2 is 2.00 bits per heavy atom. The van der Waals surface area contributed by atoms with Crippen molar-refractivity contribution in [1.82, 2.24) is 9.55 Å². The highest BCUT2D eigenvalue weighted by atomic mass is 15.2. The smallest absolute Gasteiger partial charge is 0.131 e. The van der Waals surface area contributed by atoms with Gasteiger partial charge in [0.05, 0.1) is 0 Å². The van der Waals surface area contributed by atoms with Gasteiger partial charge in [0.15, 0.2) is 0 Å². The number of imidazole rings is 1. The molecule has 0 saturated heterocycles. The first-order valence-electron chi connectivity index (χ1n) is 8.01. The molecule has 3 heteroatoms. The van der Waals surface area contributed by atoms with Gasteiger partial charge in [-0.2, -0.15) is 0 Å². The van der Waals surface area contributed by atoms with E-state index < -0.39 is 0 Å².